The van der Waals surface area contributed by atoms with Gasteiger partial charge in [0.1, 0.15) is 10.6 Å². The molecule has 2 N–H and O–H groups in total. The normalized spacial score (nSPS) is 10.8. The van der Waals surface area contributed by atoms with Gasteiger partial charge >= 0.3 is 11.8 Å². The van der Waals surface area contributed by atoms with Crippen molar-refractivity contribution in [1.29, 1.82) is 0 Å². The number of thiophene rings is 1. The average molecular weight is 500 g/mol. The van der Waals surface area contributed by atoms with Gasteiger partial charge in [-0.05, 0) is 23.8 Å². The Morgan fingerprint density at radius 1 is 1.14 bits per heavy atom. The molecule has 4 aromatic rings. The van der Waals surface area contributed by atoms with Crippen LogP contribution in [0.5, 0.6) is 5.75 Å². The highest BCUT2D eigenvalue weighted by Crippen LogP contribution is 2.22. The molecule has 0 aliphatic heterocycles. The molecule has 1 aromatic carbocycles. The lowest BCUT2D eigenvalue weighted by atomic mass is 10.2. The number of aryl methyl sites for hydroxylation is 1. The Labute approximate surface area is 201 Å². The Kier molecular flexibility index (Phi) is 6.68. The van der Waals surface area contributed by atoms with E-state index in [9.17, 15) is 19.2 Å². The number of anilines is 1. The molecule has 4 rings (SSSR count). The molecule has 0 aliphatic carbocycles. The van der Waals surface area contributed by atoms with Crippen molar-refractivity contribution in [2.24, 2.45) is 7.05 Å². The number of carbonyl (C=O) groups is 2. The van der Waals surface area contributed by atoms with Gasteiger partial charge < -0.3 is 19.3 Å². The first-order valence-electron chi connectivity index (χ1n) is 10.3. The maximum absolute atomic E-state index is 13.1. The van der Waals surface area contributed by atoms with E-state index >= 15 is 0 Å². The number of ether oxygens (including phenoxy) is 2. The number of hydrogen-bond donors (Lipinski definition) is 2. The highest BCUT2D eigenvalue weighted by Gasteiger charge is 2.19. The summed E-state index contributed by atoms with van der Waals surface area (Å²) in [7, 11) is 4.29. The van der Waals surface area contributed by atoms with E-state index in [0.717, 1.165) is 21.5 Å². The van der Waals surface area contributed by atoms with Crippen molar-refractivity contribution in [2.75, 3.05) is 19.5 Å². The van der Waals surface area contributed by atoms with E-state index < -0.39 is 17.3 Å². The van der Waals surface area contributed by atoms with Gasteiger partial charge in [0, 0.05) is 19.7 Å². The molecule has 0 saturated carbocycles. The van der Waals surface area contributed by atoms with Crippen molar-refractivity contribution < 1.29 is 23.6 Å². The first kappa shape index (κ1) is 23.8. The monoisotopic (exact) mass is 499 g/mol. The fraction of sp³-hybridized carbons (Fsp3) is 0.227. The van der Waals surface area contributed by atoms with Crippen LogP contribution in [0.2, 0.25) is 0 Å². The van der Waals surface area contributed by atoms with E-state index in [2.05, 4.69) is 20.5 Å². The van der Waals surface area contributed by atoms with Gasteiger partial charge in [-0.3, -0.25) is 24.0 Å². The Balaban J connectivity index is 1.57. The smallest absolute Gasteiger partial charge is 0.412 e. The Morgan fingerprint density at radius 2 is 1.89 bits per heavy atom. The van der Waals surface area contributed by atoms with Crippen LogP contribution < -0.4 is 26.6 Å². The lowest BCUT2D eigenvalue weighted by molar-refractivity contribution is 0.0955. The number of rotatable bonds is 7. The molecule has 35 heavy (non-hydrogen) atoms. The number of carbonyl (C=O) groups excluding carboxylic acids is 2. The predicted molar refractivity (Wildman–Crippen MR) is 127 cm³/mol. The second-order valence-electron chi connectivity index (χ2n) is 7.39. The largest absolute Gasteiger partial charge is 0.497 e. The number of fused-ring (bicyclic) bond motifs is 1. The molecule has 0 fully saturated rings. The molecule has 3 heterocycles. The second kappa shape index (κ2) is 9.85. The SMILES string of the molecule is COC(=O)Nc1cc(Cn2c(=O)c3cc(C(=O)NCc4ccc(OC)cc4)sc3n(C)c2=O)on1. The Morgan fingerprint density at radius 3 is 2.57 bits per heavy atom. The minimum atomic E-state index is -0.740. The van der Waals surface area contributed by atoms with Crippen LogP contribution in [-0.2, 0) is 24.9 Å². The second-order valence-corrected chi connectivity index (χ2v) is 8.42. The van der Waals surface area contributed by atoms with Gasteiger partial charge in [0.25, 0.3) is 11.5 Å². The zero-order chi connectivity index (χ0) is 25.1. The summed E-state index contributed by atoms with van der Waals surface area (Å²) in [4.78, 5) is 50.6. The van der Waals surface area contributed by atoms with Crippen LogP contribution in [0, 0.1) is 0 Å². The van der Waals surface area contributed by atoms with Gasteiger partial charge in [0.15, 0.2) is 11.6 Å². The van der Waals surface area contributed by atoms with E-state index in [4.69, 9.17) is 9.26 Å². The van der Waals surface area contributed by atoms with Gasteiger partial charge in [-0.25, -0.2) is 9.59 Å². The zero-order valence-corrected chi connectivity index (χ0v) is 19.8. The third-order valence-corrected chi connectivity index (χ3v) is 6.35. The van der Waals surface area contributed by atoms with E-state index in [1.165, 1.54) is 30.9 Å². The van der Waals surface area contributed by atoms with Crippen LogP contribution in [-0.4, -0.2) is 40.5 Å². The lowest BCUT2D eigenvalue weighted by Gasteiger charge is -2.06. The third kappa shape index (κ3) is 4.94. The van der Waals surface area contributed by atoms with Crippen LogP contribution in [0.1, 0.15) is 21.0 Å². The summed E-state index contributed by atoms with van der Waals surface area (Å²) in [6, 6.07) is 10.1. The molecular formula is C22H21N5O7S. The predicted octanol–water partition coefficient (Wildman–Crippen LogP) is 1.91. The molecule has 0 spiro atoms. The van der Waals surface area contributed by atoms with Gasteiger partial charge in [-0.15, -0.1) is 11.3 Å². The fourth-order valence-corrected chi connectivity index (χ4v) is 4.33. The minimum absolute atomic E-state index is 0.0733. The van der Waals surface area contributed by atoms with Crippen molar-refractivity contribution in [3.05, 3.63) is 73.4 Å². The van der Waals surface area contributed by atoms with Crippen LogP contribution in [0.3, 0.4) is 0 Å². The summed E-state index contributed by atoms with van der Waals surface area (Å²) in [6.45, 7) is 0.0693. The van der Waals surface area contributed by atoms with E-state index in [1.54, 1.807) is 19.2 Å². The summed E-state index contributed by atoms with van der Waals surface area (Å²) in [5, 5.41) is 9.02. The Bertz CT molecular complexity index is 1510. The molecule has 2 amide bonds. The van der Waals surface area contributed by atoms with Crippen molar-refractivity contribution in [1.82, 2.24) is 19.6 Å². The number of nitrogens with one attached hydrogen (secondary N) is 2. The number of aromatic nitrogens is 3. The molecule has 0 aliphatic rings. The zero-order valence-electron chi connectivity index (χ0n) is 19.0. The minimum Gasteiger partial charge on any atom is -0.497 e. The summed E-state index contributed by atoms with van der Waals surface area (Å²) < 4.78 is 17.0. The molecule has 3 aromatic heterocycles. The summed E-state index contributed by atoms with van der Waals surface area (Å²) in [6.07, 6.45) is -0.740. The highest BCUT2D eigenvalue weighted by molar-refractivity contribution is 7.20. The van der Waals surface area contributed by atoms with Crippen LogP contribution >= 0.6 is 11.3 Å². The van der Waals surface area contributed by atoms with Gasteiger partial charge in [-0.1, -0.05) is 17.3 Å². The average Bonchev–Trinajstić information content (AvgIpc) is 3.51. The number of methoxy groups -OCH3 is 2. The maximum Gasteiger partial charge on any atom is 0.412 e. The maximum atomic E-state index is 13.1. The topological polar surface area (TPSA) is 147 Å². The van der Waals surface area contributed by atoms with Crippen LogP contribution in [0.25, 0.3) is 10.2 Å². The summed E-state index contributed by atoms with van der Waals surface area (Å²) in [5.74, 6) is 0.587. The molecule has 0 saturated heterocycles. The van der Waals surface area contributed by atoms with Gasteiger partial charge in [0.05, 0.1) is 31.0 Å². The van der Waals surface area contributed by atoms with Crippen molar-refractivity contribution >= 4 is 39.4 Å². The van der Waals surface area contributed by atoms with Gasteiger partial charge in [0.2, 0.25) is 0 Å². The van der Waals surface area contributed by atoms with E-state index in [1.807, 2.05) is 12.1 Å². The molecule has 0 radical (unpaired) electrons. The first-order chi connectivity index (χ1) is 16.8. The quantitative estimate of drug-likeness (QED) is 0.392. The molecule has 12 nitrogen and oxygen atoms in total. The standard InChI is InChI=1S/C22H21N5O7S/c1-26-20-15(9-16(35-20)18(28)23-10-12-4-6-13(32-2)7-5-12)19(29)27(22(26)31)11-14-8-17(25-34-14)24-21(30)33-3/h4-9H,10-11H2,1-3H3,(H,23,28)(H,24,25,30). The highest BCUT2D eigenvalue weighted by atomic mass is 32.1. The molecule has 13 heteroatoms. The number of nitrogens with zero attached hydrogens (tertiary/aromatic N) is 3. The molecule has 0 bridgehead atoms. The molecular weight excluding hydrogens is 478 g/mol. The summed E-state index contributed by atoms with van der Waals surface area (Å²) >= 11 is 1.05. The molecule has 0 atom stereocenters. The van der Waals surface area contributed by atoms with Crippen LogP contribution in [0.15, 0.2) is 50.5 Å². The van der Waals surface area contributed by atoms with Crippen molar-refractivity contribution in [3.63, 3.8) is 0 Å². The fourth-order valence-electron chi connectivity index (χ4n) is 3.31. The van der Waals surface area contributed by atoms with E-state index in [0.29, 0.717) is 15.5 Å². The van der Waals surface area contributed by atoms with Crippen molar-refractivity contribution in [2.45, 2.75) is 13.1 Å². The third-order valence-electron chi connectivity index (χ3n) is 5.13. The van der Waals surface area contributed by atoms with E-state index in [-0.39, 0.29) is 36.0 Å². The number of amides is 2. The number of hydrogen-bond acceptors (Lipinski definition) is 9. The van der Waals surface area contributed by atoms with Gasteiger partial charge in [-0.2, -0.15) is 0 Å². The lowest BCUT2D eigenvalue weighted by Crippen LogP contribution is -2.38. The first-order valence-corrected chi connectivity index (χ1v) is 11.1. The van der Waals surface area contributed by atoms with Crippen molar-refractivity contribution in [3.8, 4) is 5.75 Å². The molecule has 182 valence electrons. The Hall–Kier alpha value is -4.39. The molecule has 0 unspecified atom stereocenters. The number of benzene rings is 1. The van der Waals surface area contributed by atoms with Crippen LogP contribution in [0.4, 0.5) is 10.6 Å². The summed E-state index contributed by atoms with van der Waals surface area (Å²) in [5.41, 5.74) is -0.288.